The molecule has 1 heterocycles. The molecule has 1 amide bonds. The Balaban J connectivity index is 2.17. The van der Waals surface area contributed by atoms with Crippen LogP contribution in [0.2, 0.25) is 0 Å². The van der Waals surface area contributed by atoms with Crippen molar-refractivity contribution in [3.05, 3.63) is 35.1 Å². The van der Waals surface area contributed by atoms with Crippen LogP contribution in [0.3, 0.4) is 0 Å². The van der Waals surface area contributed by atoms with Crippen molar-refractivity contribution in [2.45, 2.75) is 39.5 Å². The average Bonchev–Trinajstić information content (AvgIpc) is 2.37. The first-order chi connectivity index (χ1) is 8.99. The fourth-order valence-electron chi connectivity index (χ4n) is 2.68. The van der Waals surface area contributed by atoms with Crippen molar-refractivity contribution in [2.24, 2.45) is 5.92 Å². The normalized spacial score (nSPS) is 19.8. The molecule has 1 aliphatic heterocycles. The van der Waals surface area contributed by atoms with Crippen molar-refractivity contribution in [1.29, 1.82) is 0 Å². The predicted molar refractivity (Wildman–Crippen MR) is 74.8 cm³/mol. The molecule has 19 heavy (non-hydrogen) atoms. The van der Waals surface area contributed by atoms with Crippen LogP contribution in [0.25, 0.3) is 0 Å². The quantitative estimate of drug-likeness (QED) is 0.794. The summed E-state index contributed by atoms with van der Waals surface area (Å²) in [5, 5.41) is 0. The molecule has 0 radical (unpaired) electrons. The number of likely N-dealkylation sites (tertiary alicyclic amines) is 1. The molecule has 0 spiro atoms. The largest absolute Gasteiger partial charge is 0.338 e. The molecule has 0 aromatic heterocycles. The molecule has 0 N–H and O–H groups in total. The number of halogens is 1. The first kappa shape index (κ1) is 14.0. The predicted octanol–water partition coefficient (Wildman–Crippen LogP) is 3.82. The van der Waals surface area contributed by atoms with Gasteiger partial charge in [0.2, 0.25) is 0 Å². The lowest BCUT2D eigenvalue weighted by atomic mass is 9.98. The number of amides is 1. The van der Waals surface area contributed by atoms with E-state index in [-0.39, 0.29) is 17.6 Å². The topological polar surface area (TPSA) is 20.3 Å². The van der Waals surface area contributed by atoms with E-state index in [2.05, 4.69) is 6.92 Å². The van der Waals surface area contributed by atoms with Gasteiger partial charge in [-0.3, -0.25) is 4.79 Å². The van der Waals surface area contributed by atoms with E-state index in [4.69, 9.17) is 0 Å². The lowest BCUT2D eigenvalue weighted by molar-refractivity contribution is 0.0682. The van der Waals surface area contributed by atoms with E-state index in [9.17, 15) is 9.18 Å². The third-order valence-corrected chi connectivity index (χ3v) is 3.81. The van der Waals surface area contributed by atoms with Crippen LogP contribution >= 0.6 is 0 Å². The second-order valence-corrected chi connectivity index (χ2v) is 5.89. The third kappa shape index (κ3) is 3.14. The van der Waals surface area contributed by atoms with Crippen molar-refractivity contribution >= 4 is 5.91 Å². The minimum absolute atomic E-state index is 0.0410. The number of carbonyl (C=O) groups is 1. The van der Waals surface area contributed by atoms with E-state index in [0.717, 1.165) is 19.5 Å². The Morgan fingerprint density at radius 3 is 2.74 bits per heavy atom. The van der Waals surface area contributed by atoms with Crippen LogP contribution < -0.4 is 0 Å². The van der Waals surface area contributed by atoms with Gasteiger partial charge < -0.3 is 4.90 Å². The Labute approximate surface area is 114 Å². The summed E-state index contributed by atoms with van der Waals surface area (Å²) in [6.45, 7) is 7.63. The fraction of sp³-hybridized carbons (Fsp3) is 0.562. The van der Waals surface area contributed by atoms with Crippen LogP contribution in [-0.2, 0) is 0 Å². The molecule has 0 aliphatic carbocycles. The molecule has 1 atom stereocenters. The van der Waals surface area contributed by atoms with Gasteiger partial charge in [-0.2, -0.15) is 0 Å². The van der Waals surface area contributed by atoms with Crippen molar-refractivity contribution in [1.82, 2.24) is 4.90 Å². The number of benzene rings is 1. The van der Waals surface area contributed by atoms with E-state index in [1.54, 1.807) is 12.1 Å². The van der Waals surface area contributed by atoms with Crippen LogP contribution in [0.4, 0.5) is 4.39 Å². The first-order valence-electron chi connectivity index (χ1n) is 7.07. The standard InChI is InChI=1S/C16H22FNO/c1-11(2)14-7-6-13(9-15(14)17)16(19)18-8-4-5-12(3)10-18/h6-7,9,11-12H,4-5,8,10H2,1-3H3. The molecule has 0 bridgehead atoms. The molecule has 3 heteroatoms. The highest BCUT2D eigenvalue weighted by atomic mass is 19.1. The molecule has 2 rings (SSSR count). The second-order valence-electron chi connectivity index (χ2n) is 5.89. The molecule has 0 saturated carbocycles. The Bertz CT molecular complexity index is 470. The first-order valence-corrected chi connectivity index (χ1v) is 7.07. The van der Waals surface area contributed by atoms with Gasteiger partial charge in [0.15, 0.2) is 0 Å². The van der Waals surface area contributed by atoms with Gasteiger partial charge >= 0.3 is 0 Å². The number of hydrogen-bond donors (Lipinski definition) is 0. The highest BCUT2D eigenvalue weighted by Gasteiger charge is 2.22. The smallest absolute Gasteiger partial charge is 0.253 e. The van der Waals surface area contributed by atoms with E-state index in [1.807, 2.05) is 18.7 Å². The monoisotopic (exact) mass is 263 g/mol. The lowest BCUT2D eigenvalue weighted by Crippen LogP contribution is -2.39. The van der Waals surface area contributed by atoms with E-state index >= 15 is 0 Å². The third-order valence-electron chi connectivity index (χ3n) is 3.81. The van der Waals surface area contributed by atoms with Crippen LogP contribution in [0.15, 0.2) is 18.2 Å². The zero-order chi connectivity index (χ0) is 14.0. The molecule has 104 valence electrons. The maximum Gasteiger partial charge on any atom is 0.253 e. The molecule has 2 nitrogen and oxygen atoms in total. The van der Waals surface area contributed by atoms with Gasteiger partial charge in [-0.1, -0.05) is 26.8 Å². The number of piperidine rings is 1. The summed E-state index contributed by atoms with van der Waals surface area (Å²) in [7, 11) is 0. The summed E-state index contributed by atoms with van der Waals surface area (Å²) < 4.78 is 13.9. The van der Waals surface area contributed by atoms with E-state index in [0.29, 0.717) is 17.0 Å². The van der Waals surface area contributed by atoms with Crippen LogP contribution in [-0.4, -0.2) is 23.9 Å². The minimum atomic E-state index is -0.272. The van der Waals surface area contributed by atoms with Gasteiger partial charge in [-0.25, -0.2) is 4.39 Å². The Hall–Kier alpha value is -1.38. The highest BCUT2D eigenvalue weighted by Crippen LogP contribution is 2.22. The SMILES string of the molecule is CC1CCCN(C(=O)c2ccc(C(C)C)c(F)c2)C1. The van der Waals surface area contributed by atoms with Gasteiger partial charge in [0.05, 0.1) is 0 Å². The van der Waals surface area contributed by atoms with Gasteiger partial charge in [0.25, 0.3) is 5.91 Å². The number of carbonyl (C=O) groups excluding carboxylic acids is 1. The molecule has 1 aliphatic rings. The highest BCUT2D eigenvalue weighted by molar-refractivity contribution is 5.94. The maximum absolute atomic E-state index is 13.9. The van der Waals surface area contributed by atoms with Crippen molar-refractivity contribution in [3.8, 4) is 0 Å². The minimum Gasteiger partial charge on any atom is -0.338 e. The van der Waals surface area contributed by atoms with Crippen molar-refractivity contribution in [3.63, 3.8) is 0 Å². The van der Waals surface area contributed by atoms with Gasteiger partial charge in [-0.15, -0.1) is 0 Å². The summed E-state index contributed by atoms with van der Waals surface area (Å²) >= 11 is 0. The Morgan fingerprint density at radius 1 is 1.42 bits per heavy atom. The molecule has 1 saturated heterocycles. The fourth-order valence-corrected chi connectivity index (χ4v) is 2.68. The summed E-state index contributed by atoms with van der Waals surface area (Å²) in [6.07, 6.45) is 2.21. The maximum atomic E-state index is 13.9. The zero-order valence-electron chi connectivity index (χ0n) is 11.9. The van der Waals surface area contributed by atoms with Crippen LogP contribution in [0.1, 0.15) is 55.5 Å². The zero-order valence-corrected chi connectivity index (χ0v) is 11.9. The van der Waals surface area contributed by atoms with E-state index < -0.39 is 0 Å². The summed E-state index contributed by atoms with van der Waals surface area (Å²) in [5.74, 6) is 0.364. The molecule has 1 aromatic rings. The Morgan fingerprint density at radius 2 is 2.16 bits per heavy atom. The van der Waals surface area contributed by atoms with Gasteiger partial charge in [0.1, 0.15) is 5.82 Å². The summed E-state index contributed by atoms with van der Waals surface area (Å²) in [4.78, 5) is 14.2. The molecular formula is C16H22FNO. The van der Waals surface area contributed by atoms with Crippen molar-refractivity contribution in [2.75, 3.05) is 13.1 Å². The van der Waals surface area contributed by atoms with Crippen molar-refractivity contribution < 1.29 is 9.18 Å². The molecule has 1 fully saturated rings. The van der Waals surface area contributed by atoms with Gasteiger partial charge in [-0.05, 0) is 42.4 Å². The molecular weight excluding hydrogens is 241 g/mol. The van der Waals surface area contributed by atoms with Gasteiger partial charge in [0, 0.05) is 18.7 Å². The lowest BCUT2D eigenvalue weighted by Gasteiger charge is -2.31. The van der Waals surface area contributed by atoms with Crippen LogP contribution in [0.5, 0.6) is 0 Å². The average molecular weight is 263 g/mol. The number of hydrogen-bond acceptors (Lipinski definition) is 1. The number of rotatable bonds is 2. The second kappa shape index (κ2) is 5.72. The Kier molecular flexibility index (Phi) is 4.23. The molecule has 1 unspecified atom stereocenters. The summed E-state index contributed by atoms with van der Waals surface area (Å²) in [6, 6.07) is 4.87. The van der Waals surface area contributed by atoms with Crippen LogP contribution in [0, 0.1) is 11.7 Å². The van der Waals surface area contributed by atoms with E-state index in [1.165, 1.54) is 12.5 Å². The molecule has 1 aromatic carbocycles. The summed E-state index contributed by atoms with van der Waals surface area (Å²) in [5.41, 5.74) is 1.14. The number of nitrogens with zero attached hydrogens (tertiary/aromatic N) is 1.